The Balaban J connectivity index is 2.23. The quantitative estimate of drug-likeness (QED) is 0.673. The van der Waals surface area contributed by atoms with Gasteiger partial charge in [0.05, 0.1) is 18.4 Å². The van der Waals surface area contributed by atoms with Crippen LogP contribution < -0.4 is 0 Å². The van der Waals surface area contributed by atoms with Gasteiger partial charge in [0.15, 0.2) is 0 Å². The molecular formula is C14H13BrINO2. The van der Waals surface area contributed by atoms with Gasteiger partial charge in [0.25, 0.3) is 5.91 Å². The number of rotatable bonds is 4. The van der Waals surface area contributed by atoms with Crippen LogP contribution in [-0.4, -0.2) is 17.4 Å². The van der Waals surface area contributed by atoms with Crippen LogP contribution in [0.5, 0.6) is 0 Å². The molecule has 0 saturated heterocycles. The van der Waals surface area contributed by atoms with Gasteiger partial charge in [-0.25, -0.2) is 0 Å². The summed E-state index contributed by atoms with van der Waals surface area (Å²) in [4.78, 5) is 14.3. The van der Waals surface area contributed by atoms with Gasteiger partial charge >= 0.3 is 0 Å². The van der Waals surface area contributed by atoms with Crippen molar-refractivity contribution >= 4 is 44.4 Å². The fraction of sp³-hybridized carbons (Fsp3) is 0.214. The van der Waals surface area contributed by atoms with E-state index < -0.39 is 0 Å². The highest BCUT2D eigenvalue weighted by Gasteiger charge is 2.18. The van der Waals surface area contributed by atoms with Gasteiger partial charge in [-0.1, -0.05) is 0 Å². The van der Waals surface area contributed by atoms with Crippen LogP contribution in [0.1, 0.15) is 23.0 Å². The Bertz CT molecular complexity index is 569. The zero-order valence-electron chi connectivity index (χ0n) is 10.4. The number of amides is 1. The topological polar surface area (TPSA) is 33.5 Å². The summed E-state index contributed by atoms with van der Waals surface area (Å²) in [7, 11) is 0. The Morgan fingerprint density at radius 1 is 1.42 bits per heavy atom. The van der Waals surface area contributed by atoms with Crippen LogP contribution in [0.15, 0.2) is 45.5 Å². The van der Waals surface area contributed by atoms with Crippen molar-refractivity contribution in [3.8, 4) is 0 Å². The molecule has 0 N–H and O–H groups in total. The molecule has 1 amide bonds. The van der Waals surface area contributed by atoms with Crippen molar-refractivity contribution in [2.24, 2.45) is 0 Å². The van der Waals surface area contributed by atoms with E-state index in [1.807, 2.05) is 37.3 Å². The monoisotopic (exact) mass is 433 g/mol. The van der Waals surface area contributed by atoms with Crippen LogP contribution in [0.25, 0.3) is 0 Å². The average molecular weight is 434 g/mol. The summed E-state index contributed by atoms with van der Waals surface area (Å²) in [5.41, 5.74) is 0.681. The Hall–Kier alpha value is -0.820. The first-order chi connectivity index (χ1) is 9.11. The third-order valence-corrected chi connectivity index (χ3v) is 4.12. The number of carbonyl (C=O) groups is 1. The molecule has 1 aromatic carbocycles. The minimum Gasteiger partial charge on any atom is -0.467 e. The van der Waals surface area contributed by atoms with E-state index in [-0.39, 0.29) is 5.91 Å². The molecule has 0 unspecified atom stereocenters. The maximum absolute atomic E-state index is 12.5. The molecular weight excluding hydrogens is 421 g/mol. The number of hydrogen-bond donors (Lipinski definition) is 0. The molecule has 0 radical (unpaired) electrons. The van der Waals surface area contributed by atoms with Crippen LogP contribution in [0, 0.1) is 3.57 Å². The Kier molecular flexibility index (Phi) is 5.04. The minimum absolute atomic E-state index is 0.00397. The fourth-order valence-corrected chi connectivity index (χ4v) is 2.66. The molecule has 1 aromatic heterocycles. The molecule has 0 aliphatic rings. The molecule has 0 saturated carbocycles. The van der Waals surface area contributed by atoms with Gasteiger partial charge in [0, 0.05) is 14.6 Å². The normalized spacial score (nSPS) is 10.5. The van der Waals surface area contributed by atoms with Gasteiger partial charge in [0.2, 0.25) is 0 Å². The molecule has 0 aliphatic carbocycles. The fourth-order valence-electron chi connectivity index (χ4n) is 1.75. The molecule has 0 spiro atoms. The summed E-state index contributed by atoms with van der Waals surface area (Å²) in [5, 5.41) is 0. The van der Waals surface area contributed by atoms with Crippen molar-refractivity contribution in [2.75, 3.05) is 6.54 Å². The number of hydrogen-bond acceptors (Lipinski definition) is 2. The molecule has 100 valence electrons. The van der Waals surface area contributed by atoms with E-state index in [9.17, 15) is 4.79 Å². The van der Waals surface area contributed by atoms with E-state index in [0.717, 1.165) is 13.8 Å². The first kappa shape index (κ1) is 14.6. The number of benzene rings is 1. The largest absolute Gasteiger partial charge is 0.467 e. The Labute approximate surface area is 134 Å². The highest BCUT2D eigenvalue weighted by molar-refractivity contribution is 14.1. The Morgan fingerprint density at radius 2 is 2.21 bits per heavy atom. The maximum Gasteiger partial charge on any atom is 0.255 e. The van der Waals surface area contributed by atoms with Gasteiger partial charge < -0.3 is 9.32 Å². The van der Waals surface area contributed by atoms with E-state index in [4.69, 9.17) is 4.42 Å². The highest BCUT2D eigenvalue weighted by atomic mass is 127. The smallest absolute Gasteiger partial charge is 0.255 e. The molecule has 2 aromatic rings. The third-order valence-electron chi connectivity index (χ3n) is 2.75. The molecule has 3 nitrogen and oxygen atoms in total. The van der Waals surface area contributed by atoms with Crippen molar-refractivity contribution in [3.63, 3.8) is 0 Å². The summed E-state index contributed by atoms with van der Waals surface area (Å²) < 4.78 is 7.15. The van der Waals surface area contributed by atoms with Crippen LogP contribution in [0.3, 0.4) is 0 Å². The lowest BCUT2D eigenvalue weighted by molar-refractivity contribution is 0.0740. The lowest BCUT2D eigenvalue weighted by atomic mass is 10.2. The summed E-state index contributed by atoms with van der Waals surface area (Å²) in [6.07, 6.45) is 1.62. The first-order valence-corrected chi connectivity index (χ1v) is 7.75. The van der Waals surface area contributed by atoms with Crippen molar-refractivity contribution in [3.05, 3.63) is 56.0 Å². The first-order valence-electron chi connectivity index (χ1n) is 5.88. The zero-order valence-corrected chi connectivity index (χ0v) is 14.1. The van der Waals surface area contributed by atoms with E-state index in [1.165, 1.54) is 0 Å². The zero-order chi connectivity index (χ0) is 13.8. The molecule has 0 atom stereocenters. The summed E-state index contributed by atoms with van der Waals surface area (Å²) in [6, 6.07) is 9.45. The third kappa shape index (κ3) is 3.60. The van der Waals surface area contributed by atoms with Gasteiger partial charge in [0.1, 0.15) is 5.76 Å². The molecule has 5 heteroatoms. The van der Waals surface area contributed by atoms with Crippen molar-refractivity contribution in [1.82, 2.24) is 4.90 Å². The number of carbonyl (C=O) groups excluding carboxylic acids is 1. The molecule has 0 bridgehead atoms. The average Bonchev–Trinajstić information content (AvgIpc) is 2.91. The molecule has 1 heterocycles. The van der Waals surface area contributed by atoms with E-state index >= 15 is 0 Å². The van der Waals surface area contributed by atoms with Gasteiger partial charge in [-0.3, -0.25) is 4.79 Å². The summed E-state index contributed by atoms with van der Waals surface area (Å²) >= 11 is 5.64. The predicted octanol–water partition coefficient (Wildman–Crippen LogP) is 4.31. The second-order valence-corrected chi connectivity index (χ2v) is 6.12. The predicted molar refractivity (Wildman–Crippen MR) is 86.0 cm³/mol. The molecule has 0 fully saturated rings. The van der Waals surface area contributed by atoms with E-state index in [2.05, 4.69) is 38.5 Å². The van der Waals surface area contributed by atoms with Crippen LogP contribution in [0.2, 0.25) is 0 Å². The van der Waals surface area contributed by atoms with E-state index in [0.29, 0.717) is 18.7 Å². The standard InChI is InChI=1S/C14H13BrINO2/c1-2-17(9-11-4-3-7-19-11)14(18)12-8-10(16)5-6-13(12)15/h3-8H,2,9H2,1H3. The van der Waals surface area contributed by atoms with Crippen LogP contribution in [0.4, 0.5) is 0 Å². The minimum atomic E-state index is 0.00397. The number of halogens is 2. The molecule has 19 heavy (non-hydrogen) atoms. The van der Waals surface area contributed by atoms with E-state index in [1.54, 1.807) is 11.2 Å². The van der Waals surface area contributed by atoms with Crippen molar-refractivity contribution < 1.29 is 9.21 Å². The highest BCUT2D eigenvalue weighted by Crippen LogP contribution is 2.22. The maximum atomic E-state index is 12.5. The summed E-state index contributed by atoms with van der Waals surface area (Å²) in [6.45, 7) is 3.08. The lowest BCUT2D eigenvalue weighted by Crippen LogP contribution is -2.30. The van der Waals surface area contributed by atoms with Crippen LogP contribution in [-0.2, 0) is 6.54 Å². The molecule has 0 aliphatic heterocycles. The van der Waals surface area contributed by atoms with Gasteiger partial charge in [-0.15, -0.1) is 0 Å². The van der Waals surface area contributed by atoms with Crippen LogP contribution >= 0.6 is 38.5 Å². The SMILES string of the molecule is CCN(Cc1ccco1)C(=O)c1cc(I)ccc1Br. The number of nitrogens with zero attached hydrogens (tertiary/aromatic N) is 1. The molecule has 2 rings (SSSR count). The van der Waals surface area contributed by atoms with Gasteiger partial charge in [-0.2, -0.15) is 0 Å². The summed E-state index contributed by atoms with van der Waals surface area (Å²) in [5.74, 6) is 0.793. The van der Waals surface area contributed by atoms with Crippen molar-refractivity contribution in [1.29, 1.82) is 0 Å². The van der Waals surface area contributed by atoms with Crippen molar-refractivity contribution in [2.45, 2.75) is 13.5 Å². The second-order valence-electron chi connectivity index (χ2n) is 4.02. The lowest BCUT2D eigenvalue weighted by Gasteiger charge is -2.20. The van der Waals surface area contributed by atoms with Gasteiger partial charge in [-0.05, 0) is 75.8 Å². The number of furan rings is 1. The second kappa shape index (κ2) is 6.56. The Morgan fingerprint density at radius 3 is 2.84 bits per heavy atom.